The summed E-state index contributed by atoms with van der Waals surface area (Å²) in [6.07, 6.45) is 0.771. The first kappa shape index (κ1) is 26.9. The highest BCUT2D eigenvalue weighted by Crippen LogP contribution is 2.25. The van der Waals surface area contributed by atoms with Crippen LogP contribution in [0.1, 0.15) is 17.5 Å². The first-order valence-corrected chi connectivity index (χ1v) is 14.1. The molecule has 0 aliphatic heterocycles. The van der Waals surface area contributed by atoms with Crippen molar-refractivity contribution in [2.24, 2.45) is 0 Å². The maximum absolute atomic E-state index is 13.4. The molecule has 186 valence electrons. The first-order chi connectivity index (χ1) is 16.8. The Morgan fingerprint density at radius 3 is 2.43 bits per heavy atom. The second-order valence-electron chi connectivity index (χ2n) is 7.91. The second kappa shape index (κ2) is 12.9. The Bertz CT molecular complexity index is 1220. The zero-order valence-electron chi connectivity index (χ0n) is 19.7. The molecule has 0 saturated heterocycles. The van der Waals surface area contributed by atoms with Crippen LogP contribution in [-0.4, -0.2) is 40.3 Å². The second-order valence-corrected chi connectivity index (χ2v) is 11.3. The molecule has 0 saturated carbocycles. The van der Waals surface area contributed by atoms with Gasteiger partial charge in [0.05, 0.1) is 17.7 Å². The highest BCUT2D eigenvalue weighted by Gasteiger charge is 2.27. The van der Waals surface area contributed by atoms with Crippen LogP contribution >= 0.6 is 23.4 Å². The normalized spacial score (nSPS) is 11.2. The van der Waals surface area contributed by atoms with Crippen molar-refractivity contribution < 1.29 is 17.9 Å². The SMILES string of the molecule is COc1ccc(S(=O)(=O)N(CC(=O)NCCCSCc2cccc(Cl)c2)c2ccc(C)cc2)cc1. The number of carbonyl (C=O) groups excluding carboxylic acids is 1. The van der Waals surface area contributed by atoms with Gasteiger partial charge in [-0.3, -0.25) is 9.10 Å². The minimum absolute atomic E-state index is 0.0871. The highest BCUT2D eigenvalue weighted by atomic mass is 35.5. The summed E-state index contributed by atoms with van der Waals surface area (Å²) in [5.41, 5.74) is 2.58. The Morgan fingerprint density at radius 1 is 1.06 bits per heavy atom. The first-order valence-electron chi connectivity index (χ1n) is 11.1. The lowest BCUT2D eigenvalue weighted by atomic mass is 10.2. The fraction of sp³-hybridized carbons (Fsp3) is 0.269. The van der Waals surface area contributed by atoms with Gasteiger partial charge in [0.15, 0.2) is 0 Å². The van der Waals surface area contributed by atoms with Crippen molar-refractivity contribution in [1.29, 1.82) is 0 Å². The highest BCUT2D eigenvalue weighted by molar-refractivity contribution is 7.98. The van der Waals surface area contributed by atoms with Crippen molar-refractivity contribution in [3.8, 4) is 5.75 Å². The zero-order valence-corrected chi connectivity index (χ0v) is 22.1. The third-order valence-corrected chi connectivity index (χ3v) is 8.34. The molecule has 35 heavy (non-hydrogen) atoms. The molecule has 0 aromatic heterocycles. The van der Waals surface area contributed by atoms with Gasteiger partial charge in [-0.25, -0.2) is 8.42 Å². The molecule has 6 nitrogen and oxygen atoms in total. The zero-order chi connectivity index (χ0) is 25.3. The molecule has 0 aliphatic rings. The number of hydrogen-bond acceptors (Lipinski definition) is 5. The van der Waals surface area contributed by atoms with Crippen LogP contribution in [0.5, 0.6) is 5.75 Å². The van der Waals surface area contributed by atoms with Crippen LogP contribution in [0.15, 0.2) is 77.7 Å². The number of carbonyl (C=O) groups is 1. The Balaban J connectivity index is 1.59. The summed E-state index contributed by atoms with van der Waals surface area (Å²) in [7, 11) is -2.44. The maximum atomic E-state index is 13.4. The predicted molar refractivity (Wildman–Crippen MR) is 144 cm³/mol. The van der Waals surface area contributed by atoms with E-state index in [1.807, 2.05) is 43.3 Å². The molecule has 0 unspecified atom stereocenters. The maximum Gasteiger partial charge on any atom is 0.264 e. The monoisotopic (exact) mass is 532 g/mol. The van der Waals surface area contributed by atoms with Crippen molar-refractivity contribution in [2.75, 3.05) is 30.3 Å². The molecular weight excluding hydrogens is 504 g/mol. The number of rotatable bonds is 12. The number of aryl methyl sites for hydroxylation is 1. The lowest BCUT2D eigenvalue weighted by molar-refractivity contribution is -0.119. The van der Waals surface area contributed by atoms with Gasteiger partial charge in [-0.05, 0) is 73.2 Å². The number of thioether (sulfide) groups is 1. The van der Waals surface area contributed by atoms with Crippen LogP contribution < -0.4 is 14.4 Å². The number of hydrogen-bond donors (Lipinski definition) is 1. The van der Waals surface area contributed by atoms with E-state index >= 15 is 0 Å². The van der Waals surface area contributed by atoms with Gasteiger partial charge in [-0.2, -0.15) is 11.8 Å². The van der Waals surface area contributed by atoms with E-state index in [1.54, 1.807) is 36.0 Å². The van der Waals surface area contributed by atoms with E-state index in [4.69, 9.17) is 16.3 Å². The number of nitrogens with one attached hydrogen (secondary N) is 1. The van der Waals surface area contributed by atoms with Crippen LogP contribution in [0.25, 0.3) is 0 Å². The summed E-state index contributed by atoms with van der Waals surface area (Å²) < 4.78 is 33.1. The van der Waals surface area contributed by atoms with E-state index in [1.165, 1.54) is 19.2 Å². The average Bonchev–Trinajstić information content (AvgIpc) is 2.85. The number of amides is 1. The van der Waals surface area contributed by atoms with E-state index in [0.29, 0.717) is 18.0 Å². The number of anilines is 1. The molecule has 0 bridgehead atoms. The minimum atomic E-state index is -3.96. The molecule has 0 spiro atoms. The summed E-state index contributed by atoms with van der Waals surface area (Å²) in [5, 5.41) is 3.56. The third kappa shape index (κ3) is 7.92. The fourth-order valence-electron chi connectivity index (χ4n) is 3.31. The number of methoxy groups -OCH3 is 1. The Kier molecular flexibility index (Phi) is 9.89. The Morgan fingerprint density at radius 2 is 1.77 bits per heavy atom. The fourth-order valence-corrected chi connectivity index (χ4v) is 5.85. The Labute approximate surface area is 216 Å². The Hall–Kier alpha value is -2.68. The topological polar surface area (TPSA) is 75.7 Å². The van der Waals surface area contributed by atoms with Crippen LogP contribution in [-0.2, 0) is 20.6 Å². The van der Waals surface area contributed by atoms with E-state index in [-0.39, 0.29) is 17.3 Å². The summed E-state index contributed by atoms with van der Waals surface area (Å²) in [5.74, 6) is 1.90. The van der Waals surface area contributed by atoms with Crippen molar-refractivity contribution in [3.63, 3.8) is 0 Å². The summed E-state index contributed by atoms with van der Waals surface area (Å²) in [6, 6.07) is 20.9. The van der Waals surface area contributed by atoms with Gasteiger partial charge in [0, 0.05) is 17.3 Å². The number of halogens is 1. The summed E-state index contributed by atoms with van der Waals surface area (Å²) in [4.78, 5) is 12.8. The number of ether oxygens (including phenoxy) is 1. The molecule has 3 rings (SSSR count). The van der Waals surface area contributed by atoms with Crippen molar-refractivity contribution in [2.45, 2.75) is 24.0 Å². The predicted octanol–water partition coefficient (Wildman–Crippen LogP) is 5.29. The van der Waals surface area contributed by atoms with Gasteiger partial charge in [-0.1, -0.05) is 41.4 Å². The lowest BCUT2D eigenvalue weighted by Crippen LogP contribution is -2.41. The average molecular weight is 533 g/mol. The van der Waals surface area contributed by atoms with Crippen LogP contribution in [0.4, 0.5) is 5.69 Å². The number of nitrogens with zero attached hydrogens (tertiary/aromatic N) is 1. The van der Waals surface area contributed by atoms with E-state index in [2.05, 4.69) is 5.32 Å². The minimum Gasteiger partial charge on any atom is -0.497 e. The van der Waals surface area contributed by atoms with Gasteiger partial charge < -0.3 is 10.1 Å². The number of sulfonamides is 1. The van der Waals surface area contributed by atoms with Gasteiger partial charge in [0.2, 0.25) is 5.91 Å². The van der Waals surface area contributed by atoms with Crippen molar-refractivity contribution in [3.05, 3.63) is 88.9 Å². The van der Waals surface area contributed by atoms with Gasteiger partial charge in [0.25, 0.3) is 10.0 Å². The molecule has 0 radical (unpaired) electrons. The van der Waals surface area contributed by atoms with Gasteiger partial charge >= 0.3 is 0 Å². The summed E-state index contributed by atoms with van der Waals surface area (Å²) in [6.45, 7) is 2.07. The molecular formula is C26H29ClN2O4S2. The summed E-state index contributed by atoms with van der Waals surface area (Å²) >= 11 is 7.77. The van der Waals surface area contributed by atoms with Crippen LogP contribution in [0.2, 0.25) is 5.02 Å². The van der Waals surface area contributed by atoms with Gasteiger partial charge in [-0.15, -0.1) is 0 Å². The molecule has 9 heteroatoms. The molecule has 1 N–H and O–H groups in total. The van der Waals surface area contributed by atoms with Gasteiger partial charge in [0.1, 0.15) is 12.3 Å². The molecule has 0 aliphatic carbocycles. The lowest BCUT2D eigenvalue weighted by Gasteiger charge is -2.24. The molecule has 3 aromatic rings. The van der Waals surface area contributed by atoms with Crippen LogP contribution in [0, 0.1) is 6.92 Å². The third-order valence-electron chi connectivity index (χ3n) is 5.20. The van der Waals surface area contributed by atoms with E-state index in [9.17, 15) is 13.2 Å². The van der Waals surface area contributed by atoms with E-state index < -0.39 is 10.0 Å². The van der Waals surface area contributed by atoms with E-state index in [0.717, 1.165) is 38.4 Å². The van der Waals surface area contributed by atoms with Crippen molar-refractivity contribution in [1.82, 2.24) is 5.32 Å². The molecule has 0 heterocycles. The largest absolute Gasteiger partial charge is 0.497 e. The molecule has 1 amide bonds. The molecule has 0 atom stereocenters. The number of benzene rings is 3. The van der Waals surface area contributed by atoms with Crippen LogP contribution in [0.3, 0.4) is 0 Å². The smallest absolute Gasteiger partial charge is 0.264 e. The molecule has 0 fully saturated rings. The standard InChI is InChI=1S/C26H29ClN2O4S2/c1-20-7-9-23(10-8-20)29(35(31,32)25-13-11-24(33-2)12-14-25)18-26(30)28-15-4-16-34-19-21-5-3-6-22(27)17-21/h3,5-14,17H,4,15-16,18-19H2,1-2H3,(H,28,30). The quantitative estimate of drug-likeness (QED) is 0.321. The molecule has 3 aromatic carbocycles. The van der Waals surface area contributed by atoms with Crippen molar-refractivity contribution >= 4 is 45.0 Å².